The molecule has 4 heteroatoms. The number of benzene rings is 4. The van der Waals surface area contributed by atoms with Crippen molar-refractivity contribution in [3.05, 3.63) is 96.1 Å². The number of rotatable bonds is 8. The lowest BCUT2D eigenvalue weighted by Crippen LogP contribution is -2.33. The maximum atomic E-state index is 6.05. The van der Waals surface area contributed by atoms with Crippen LogP contribution in [0.15, 0.2) is 84.9 Å². The molecule has 1 aliphatic rings. The van der Waals surface area contributed by atoms with Crippen LogP contribution in [0.2, 0.25) is 0 Å². The molecule has 1 heterocycles. The smallest absolute Gasteiger partial charge is 0.119 e. The van der Waals surface area contributed by atoms with Crippen LogP contribution >= 0.6 is 12.4 Å². The number of hydrogen-bond acceptors (Lipinski definition) is 3. The number of hydrogen-bond donors (Lipinski definition) is 0. The summed E-state index contributed by atoms with van der Waals surface area (Å²) in [5.41, 5.74) is 5.14. The van der Waals surface area contributed by atoms with Crippen LogP contribution in [0.5, 0.6) is 11.5 Å². The molecule has 4 aromatic carbocycles. The lowest BCUT2D eigenvalue weighted by atomic mass is 9.90. The second-order valence-electron chi connectivity index (χ2n) is 9.12. The van der Waals surface area contributed by atoms with Crippen molar-refractivity contribution in [1.29, 1.82) is 0 Å². The van der Waals surface area contributed by atoms with Crippen LogP contribution < -0.4 is 9.47 Å². The number of likely N-dealkylation sites (tertiary alicyclic amines) is 1. The number of nitrogens with zero attached hydrogens (tertiary/aromatic N) is 1. The highest BCUT2D eigenvalue weighted by atomic mass is 35.5. The van der Waals surface area contributed by atoms with Crippen LogP contribution in [0.4, 0.5) is 0 Å². The molecule has 0 radical (unpaired) electrons. The molecule has 0 atom stereocenters. The number of piperidine rings is 1. The molecule has 3 nitrogen and oxygen atoms in total. The monoisotopic (exact) mass is 487 g/mol. The molecule has 0 aliphatic carbocycles. The van der Waals surface area contributed by atoms with E-state index in [0.717, 1.165) is 31.1 Å². The first-order chi connectivity index (χ1) is 16.8. The highest BCUT2D eigenvalue weighted by Gasteiger charge is 2.12. The number of methoxy groups -OCH3 is 1. The lowest BCUT2D eigenvalue weighted by Gasteiger charge is -2.26. The molecule has 4 aromatic rings. The number of fused-ring (bicyclic) bond motifs is 1. The molecule has 182 valence electrons. The van der Waals surface area contributed by atoms with Crippen molar-refractivity contribution in [2.24, 2.45) is 0 Å². The largest absolute Gasteiger partial charge is 0.497 e. The summed E-state index contributed by atoms with van der Waals surface area (Å²) in [7, 11) is 1.72. The molecule has 5 rings (SSSR count). The van der Waals surface area contributed by atoms with Crippen LogP contribution in [-0.4, -0.2) is 38.3 Å². The molecule has 1 fully saturated rings. The number of halogens is 1. The van der Waals surface area contributed by atoms with Crippen molar-refractivity contribution in [3.8, 4) is 22.6 Å². The second kappa shape index (κ2) is 12.1. The Balaban J connectivity index is 0.00000289. The van der Waals surface area contributed by atoms with Gasteiger partial charge in [0.15, 0.2) is 0 Å². The second-order valence-corrected chi connectivity index (χ2v) is 9.12. The van der Waals surface area contributed by atoms with Gasteiger partial charge in [0.05, 0.1) is 7.11 Å². The maximum Gasteiger partial charge on any atom is 0.119 e. The van der Waals surface area contributed by atoms with E-state index in [-0.39, 0.29) is 12.4 Å². The summed E-state index contributed by atoms with van der Waals surface area (Å²) in [5.74, 6) is 1.84. The summed E-state index contributed by atoms with van der Waals surface area (Å²) in [4.78, 5) is 2.51. The summed E-state index contributed by atoms with van der Waals surface area (Å²) in [6.45, 7) is 4.19. The van der Waals surface area contributed by atoms with Crippen LogP contribution in [-0.2, 0) is 6.42 Å². The Morgan fingerprint density at radius 3 is 2.26 bits per heavy atom. The van der Waals surface area contributed by atoms with Gasteiger partial charge in [-0.2, -0.15) is 0 Å². The third-order valence-corrected chi connectivity index (χ3v) is 6.85. The van der Waals surface area contributed by atoms with Crippen molar-refractivity contribution < 1.29 is 9.47 Å². The van der Waals surface area contributed by atoms with Crippen molar-refractivity contribution in [1.82, 2.24) is 4.90 Å². The fraction of sp³-hybridized carbons (Fsp3) is 0.290. The van der Waals surface area contributed by atoms with Crippen LogP contribution in [0.25, 0.3) is 21.9 Å². The molecule has 1 aliphatic heterocycles. The first kappa shape index (κ1) is 25.1. The van der Waals surface area contributed by atoms with Crippen LogP contribution in [0, 0.1) is 0 Å². The summed E-state index contributed by atoms with van der Waals surface area (Å²) >= 11 is 0. The van der Waals surface area contributed by atoms with Gasteiger partial charge in [-0.3, -0.25) is 4.90 Å². The molecular formula is C31H34ClNO2. The zero-order valence-corrected chi connectivity index (χ0v) is 21.2. The van der Waals surface area contributed by atoms with E-state index in [4.69, 9.17) is 9.47 Å². The zero-order valence-electron chi connectivity index (χ0n) is 20.4. The molecule has 0 bridgehead atoms. The average Bonchev–Trinajstić information content (AvgIpc) is 2.90. The predicted octanol–water partition coefficient (Wildman–Crippen LogP) is 7.39. The van der Waals surface area contributed by atoms with Gasteiger partial charge in [-0.1, -0.05) is 67.1 Å². The molecule has 0 saturated carbocycles. The van der Waals surface area contributed by atoms with E-state index in [1.165, 1.54) is 65.4 Å². The quantitative estimate of drug-likeness (QED) is 0.258. The van der Waals surface area contributed by atoms with E-state index >= 15 is 0 Å². The van der Waals surface area contributed by atoms with Gasteiger partial charge in [-0.25, -0.2) is 0 Å². The molecule has 1 saturated heterocycles. The van der Waals surface area contributed by atoms with Crippen LogP contribution in [0.1, 0.15) is 30.4 Å². The van der Waals surface area contributed by atoms with E-state index < -0.39 is 0 Å². The van der Waals surface area contributed by atoms with Crippen molar-refractivity contribution >= 4 is 23.2 Å². The molecular weight excluding hydrogens is 454 g/mol. The summed E-state index contributed by atoms with van der Waals surface area (Å²) < 4.78 is 11.5. The van der Waals surface area contributed by atoms with Gasteiger partial charge >= 0.3 is 0 Å². The Kier molecular flexibility index (Phi) is 8.68. The van der Waals surface area contributed by atoms with E-state index in [1.807, 2.05) is 0 Å². The molecule has 0 N–H and O–H groups in total. The number of ether oxygens (including phenoxy) is 2. The Bertz CT molecular complexity index is 1220. The Labute approximate surface area is 215 Å². The minimum Gasteiger partial charge on any atom is -0.497 e. The van der Waals surface area contributed by atoms with Crippen molar-refractivity contribution in [2.75, 3.05) is 33.4 Å². The predicted molar refractivity (Wildman–Crippen MR) is 148 cm³/mol. The Morgan fingerprint density at radius 1 is 0.771 bits per heavy atom. The van der Waals surface area contributed by atoms with Gasteiger partial charge in [0.2, 0.25) is 0 Å². The Hall–Kier alpha value is -3.01. The van der Waals surface area contributed by atoms with Gasteiger partial charge in [0, 0.05) is 6.54 Å². The van der Waals surface area contributed by atoms with Gasteiger partial charge in [-0.15, -0.1) is 12.4 Å². The topological polar surface area (TPSA) is 21.7 Å². The summed E-state index contributed by atoms with van der Waals surface area (Å²) in [6, 6.07) is 30.1. The minimum atomic E-state index is 0. The van der Waals surface area contributed by atoms with E-state index in [9.17, 15) is 0 Å². The third kappa shape index (κ3) is 6.17. The minimum absolute atomic E-state index is 0. The zero-order chi connectivity index (χ0) is 23.2. The van der Waals surface area contributed by atoms with E-state index in [1.54, 1.807) is 7.11 Å². The highest BCUT2D eigenvalue weighted by Crippen LogP contribution is 2.34. The summed E-state index contributed by atoms with van der Waals surface area (Å²) in [6.07, 6.45) is 4.87. The maximum absolute atomic E-state index is 6.05. The fourth-order valence-corrected chi connectivity index (χ4v) is 4.96. The normalized spacial score (nSPS) is 13.9. The molecule has 35 heavy (non-hydrogen) atoms. The Morgan fingerprint density at radius 2 is 1.51 bits per heavy atom. The van der Waals surface area contributed by atoms with Gasteiger partial charge < -0.3 is 9.47 Å². The molecule has 0 amide bonds. The van der Waals surface area contributed by atoms with Gasteiger partial charge in [0.1, 0.15) is 18.1 Å². The standard InChI is InChI=1S/C31H33NO2.ClH/c1-33-28-15-17-30-26(23-28)12-16-29(25-8-4-2-5-9-25)31(30)22-24-10-13-27(14-11-24)34-21-20-32-18-6-3-7-19-32;/h2,4-5,8-17,23H,3,6-7,18-22H2,1H3;1H. The van der Waals surface area contributed by atoms with E-state index in [0.29, 0.717) is 0 Å². The third-order valence-electron chi connectivity index (χ3n) is 6.85. The highest BCUT2D eigenvalue weighted by molar-refractivity contribution is 5.93. The first-order valence-electron chi connectivity index (χ1n) is 12.4. The van der Waals surface area contributed by atoms with E-state index in [2.05, 4.69) is 89.8 Å². The van der Waals surface area contributed by atoms with Crippen molar-refractivity contribution in [3.63, 3.8) is 0 Å². The molecule has 0 unspecified atom stereocenters. The first-order valence-corrected chi connectivity index (χ1v) is 12.4. The van der Waals surface area contributed by atoms with Gasteiger partial charge in [0.25, 0.3) is 0 Å². The van der Waals surface area contributed by atoms with Crippen molar-refractivity contribution in [2.45, 2.75) is 25.7 Å². The fourth-order valence-electron chi connectivity index (χ4n) is 4.96. The van der Waals surface area contributed by atoms with Gasteiger partial charge in [-0.05, 0) is 89.6 Å². The molecule has 0 spiro atoms. The average molecular weight is 488 g/mol. The lowest BCUT2D eigenvalue weighted by molar-refractivity contribution is 0.183. The summed E-state index contributed by atoms with van der Waals surface area (Å²) in [5, 5.41) is 2.47. The SMILES string of the molecule is COc1ccc2c(Cc3ccc(OCCN4CCCCC4)cc3)c(-c3ccccc3)ccc2c1.Cl. The van der Waals surface area contributed by atoms with Crippen LogP contribution in [0.3, 0.4) is 0 Å². The molecule has 0 aromatic heterocycles.